The van der Waals surface area contributed by atoms with Crippen LogP contribution in [0.25, 0.3) is 0 Å². The molecule has 1 aromatic carbocycles. The lowest BCUT2D eigenvalue weighted by Crippen LogP contribution is -2.37. The first-order chi connectivity index (χ1) is 11.3. The van der Waals surface area contributed by atoms with Gasteiger partial charge in [-0.25, -0.2) is 0 Å². The Morgan fingerprint density at radius 3 is 2.79 bits per heavy atom. The van der Waals surface area contributed by atoms with Gasteiger partial charge in [0.25, 0.3) is 0 Å². The minimum Gasteiger partial charge on any atom is -0.495 e. The van der Waals surface area contributed by atoms with Crippen LogP contribution in [0.1, 0.15) is 25.7 Å². The molecule has 1 aliphatic carbocycles. The van der Waals surface area contributed by atoms with Gasteiger partial charge in [-0.1, -0.05) is 18.6 Å². The SMILES string of the molecule is COc1ccccc1N1CCC(CN=C(N)NCC2CCC2)C1.I. The molecule has 134 valence electrons. The number of ether oxygens (including phenoxy) is 1. The van der Waals surface area contributed by atoms with Crippen molar-refractivity contribution >= 4 is 35.6 Å². The van der Waals surface area contributed by atoms with E-state index in [1.54, 1.807) is 7.11 Å². The van der Waals surface area contributed by atoms with Crippen LogP contribution in [0.15, 0.2) is 29.3 Å². The molecular weight excluding hydrogens is 415 g/mol. The van der Waals surface area contributed by atoms with E-state index in [0.29, 0.717) is 11.9 Å². The van der Waals surface area contributed by atoms with E-state index in [9.17, 15) is 0 Å². The van der Waals surface area contributed by atoms with Crippen LogP contribution in [-0.2, 0) is 0 Å². The molecule has 0 aromatic heterocycles. The Morgan fingerprint density at radius 2 is 2.08 bits per heavy atom. The molecule has 1 saturated heterocycles. The van der Waals surface area contributed by atoms with Crippen LogP contribution in [0.5, 0.6) is 5.75 Å². The zero-order chi connectivity index (χ0) is 16.1. The average molecular weight is 444 g/mol. The fraction of sp³-hybridized carbons (Fsp3) is 0.611. The molecule has 1 aliphatic heterocycles. The summed E-state index contributed by atoms with van der Waals surface area (Å²) in [7, 11) is 1.73. The maximum atomic E-state index is 5.98. The van der Waals surface area contributed by atoms with Crippen molar-refractivity contribution in [1.82, 2.24) is 5.32 Å². The first kappa shape index (κ1) is 19.1. The zero-order valence-electron chi connectivity index (χ0n) is 14.4. The average Bonchev–Trinajstić information content (AvgIpc) is 3.00. The summed E-state index contributed by atoms with van der Waals surface area (Å²) in [5.41, 5.74) is 7.15. The molecule has 0 spiro atoms. The van der Waals surface area contributed by atoms with Crippen molar-refractivity contribution in [2.24, 2.45) is 22.6 Å². The summed E-state index contributed by atoms with van der Waals surface area (Å²) in [5.74, 6) is 2.91. The fourth-order valence-electron chi connectivity index (χ4n) is 3.32. The lowest BCUT2D eigenvalue weighted by atomic mass is 9.85. The number of anilines is 1. The van der Waals surface area contributed by atoms with Gasteiger partial charge in [-0.3, -0.25) is 4.99 Å². The van der Waals surface area contributed by atoms with Crippen molar-refractivity contribution in [3.05, 3.63) is 24.3 Å². The van der Waals surface area contributed by atoms with Crippen LogP contribution in [0.2, 0.25) is 0 Å². The minimum atomic E-state index is 0. The smallest absolute Gasteiger partial charge is 0.188 e. The number of para-hydroxylation sites is 2. The van der Waals surface area contributed by atoms with Crippen LogP contribution in [-0.4, -0.2) is 39.2 Å². The van der Waals surface area contributed by atoms with Gasteiger partial charge in [-0.05, 0) is 43.2 Å². The van der Waals surface area contributed by atoms with E-state index in [1.165, 1.54) is 24.9 Å². The van der Waals surface area contributed by atoms with Crippen molar-refractivity contribution in [2.45, 2.75) is 25.7 Å². The lowest BCUT2D eigenvalue weighted by molar-refractivity contribution is 0.315. The molecule has 0 bridgehead atoms. The van der Waals surface area contributed by atoms with Gasteiger partial charge in [0.05, 0.1) is 12.8 Å². The van der Waals surface area contributed by atoms with E-state index in [2.05, 4.69) is 27.3 Å². The minimum absolute atomic E-state index is 0. The summed E-state index contributed by atoms with van der Waals surface area (Å²) < 4.78 is 5.46. The third-order valence-corrected chi connectivity index (χ3v) is 5.03. The molecule has 2 fully saturated rings. The Labute approximate surface area is 162 Å². The Hall–Kier alpha value is -1.18. The molecule has 3 rings (SSSR count). The van der Waals surface area contributed by atoms with E-state index < -0.39 is 0 Å². The van der Waals surface area contributed by atoms with Crippen molar-refractivity contribution in [3.8, 4) is 5.75 Å². The predicted molar refractivity (Wildman–Crippen MR) is 111 cm³/mol. The van der Waals surface area contributed by atoms with Gasteiger partial charge >= 0.3 is 0 Å². The molecule has 5 nitrogen and oxygen atoms in total. The van der Waals surface area contributed by atoms with Crippen molar-refractivity contribution < 1.29 is 4.74 Å². The van der Waals surface area contributed by atoms with Crippen LogP contribution < -0.4 is 20.7 Å². The van der Waals surface area contributed by atoms with Gasteiger partial charge < -0.3 is 20.7 Å². The number of rotatable bonds is 6. The Kier molecular flexibility index (Phi) is 7.45. The Balaban J connectivity index is 0.00000208. The molecule has 24 heavy (non-hydrogen) atoms. The number of halogens is 1. The van der Waals surface area contributed by atoms with E-state index in [1.807, 2.05) is 12.1 Å². The van der Waals surface area contributed by atoms with E-state index in [0.717, 1.165) is 44.3 Å². The second kappa shape index (κ2) is 9.34. The highest BCUT2D eigenvalue weighted by atomic mass is 127. The fourth-order valence-corrected chi connectivity index (χ4v) is 3.32. The van der Waals surface area contributed by atoms with E-state index >= 15 is 0 Å². The summed E-state index contributed by atoms with van der Waals surface area (Å²) in [4.78, 5) is 6.92. The quantitative estimate of drug-likeness (QED) is 0.403. The van der Waals surface area contributed by atoms with Gasteiger partial charge in [0, 0.05) is 26.2 Å². The molecule has 2 aliphatic rings. The first-order valence-corrected chi connectivity index (χ1v) is 8.68. The standard InChI is InChI=1S/C18H28N4O.HI/c1-23-17-8-3-2-7-16(17)22-10-9-15(13-22)12-21-18(19)20-11-14-5-4-6-14;/h2-3,7-8,14-15H,4-6,9-13H2,1H3,(H3,19,20,21);1H. The van der Waals surface area contributed by atoms with Crippen molar-refractivity contribution in [1.29, 1.82) is 0 Å². The number of nitrogens with zero attached hydrogens (tertiary/aromatic N) is 2. The number of guanidine groups is 1. The molecule has 0 amide bonds. The van der Waals surface area contributed by atoms with Gasteiger partial charge in [-0.2, -0.15) is 0 Å². The maximum Gasteiger partial charge on any atom is 0.188 e. The molecule has 1 unspecified atom stereocenters. The third-order valence-electron chi connectivity index (χ3n) is 5.03. The van der Waals surface area contributed by atoms with Gasteiger partial charge in [0.1, 0.15) is 5.75 Å². The number of benzene rings is 1. The second-order valence-electron chi connectivity index (χ2n) is 6.68. The normalized spacial score (nSPS) is 21.1. The molecule has 3 N–H and O–H groups in total. The summed E-state index contributed by atoms with van der Waals surface area (Å²) in [6.45, 7) is 3.85. The van der Waals surface area contributed by atoms with E-state index in [-0.39, 0.29) is 24.0 Å². The van der Waals surface area contributed by atoms with Crippen LogP contribution in [0.4, 0.5) is 5.69 Å². The highest BCUT2D eigenvalue weighted by Gasteiger charge is 2.24. The number of nitrogens with one attached hydrogen (secondary N) is 1. The second-order valence-corrected chi connectivity index (χ2v) is 6.68. The van der Waals surface area contributed by atoms with Crippen LogP contribution in [0.3, 0.4) is 0 Å². The topological polar surface area (TPSA) is 62.9 Å². The summed E-state index contributed by atoms with van der Waals surface area (Å²) in [6, 6.07) is 8.21. The summed E-state index contributed by atoms with van der Waals surface area (Å²) in [6.07, 6.45) is 5.18. The molecule has 1 atom stereocenters. The maximum absolute atomic E-state index is 5.98. The highest BCUT2D eigenvalue weighted by molar-refractivity contribution is 14.0. The molecular formula is C18H29IN4O. The molecule has 6 heteroatoms. The lowest BCUT2D eigenvalue weighted by Gasteiger charge is -2.25. The zero-order valence-corrected chi connectivity index (χ0v) is 16.7. The molecule has 1 heterocycles. The van der Waals surface area contributed by atoms with E-state index in [4.69, 9.17) is 10.5 Å². The summed E-state index contributed by atoms with van der Waals surface area (Å²) in [5, 5.41) is 3.26. The van der Waals surface area contributed by atoms with Gasteiger partial charge in [-0.15, -0.1) is 24.0 Å². The van der Waals surface area contributed by atoms with Gasteiger partial charge in [0.15, 0.2) is 5.96 Å². The summed E-state index contributed by atoms with van der Waals surface area (Å²) >= 11 is 0. The molecule has 1 aromatic rings. The van der Waals surface area contributed by atoms with Crippen molar-refractivity contribution in [2.75, 3.05) is 38.2 Å². The number of methoxy groups -OCH3 is 1. The third kappa shape index (κ3) is 4.91. The Bertz CT molecular complexity index is 548. The predicted octanol–water partition coefficient (Wildman–Crippen LogP) is 2.84. The van der Waals surface area contributed by atoms with Crippen LogP contribution in [0, 0.1) is 11.8 Å². The molecule has 0 radical (unpaired) electrons. The monoisotopic (exact) mass is 444 g/mol. The Morgan fingerprint density at radius 1 is 1.29 bits per heavy atom. The number of hydrogen-bond donors (Lipinski definition) is 2. The molecule has 1 saturated carbocycles. The van der Waals surface area contributed by atoms with Gasteiger partial charge in [0.2, 0.25) is 0 Å². The first-order valence-electron chi connectivity index (χ1n) is 8.68. The van der Waals surface area contributed by atoms with Crippen molar-refractivity contribution in [3.63, 3.8) is 0 Å². The largest absolute Gasteiger partial charge is 0.495 e. The number of nitrogens with two attached hydrogens (primary N) is 1. The number of aliphatic imine (C=N–C) groups is 1. The number of hydrogen-bond acceptors (Lipinski definition) is 3. The van der Waals surface area contributed by atoms with Crippen LogP contribution >= 0.6 is 24.0 Å². The highest BCUT2D eigenvalue weighted by Crippen LogP contribution is 2.32.